The van der Waals surface area contributed by atoms with Gasteiger partial charge in [0.1, 0.15) is 11.6 Å². The number of alkyl halides is 3. The van der Waals surface area contributed by atoms with Crippen LogP contribution in [0.5, 0.6) is 0 Å². The van der Waals surface area contributed by atoms with Crippen molar-refractivity contribution in [2.24, 2.45) is 0 Å². The van der Waals surface area contributed by atoms with Crippen molar-refractivity contribution in [3.8, 4) is 0 Å². The Labute approximate surface area is 118 Å². The second-order valence-corrected chi connectivity index (χ2v) is 4.67. The van der Waals surface area contributed by atoms with Crippen LogP contribution in [0.1, 0.15) is 13.8 Å². The monoisotopic (exact) mass is 313 g/mol. The van der Waals surface area contributed by atoms with Crippen molar-refractivity contribution < 1.29 is 17.9 Å². The number of nitrogens with zero attached hydrogens (tertiary/aromatic N) is 2. The maximum absolute atomic E-state index is 12.2. The first-order valence-electron chi connectivity index (χ1n) is 5.88. The van der Waals surface area contributed by atoms with Gasteiger partial charge in [-0.2, -0.15) is 18.3 Å². The minimum Gasteiger partial charge on any atom is -0.380 e. The minimum atomic E-state index is -4.53. The molecular formula is C11H15ClF3N3O2. The Balaban J connectivity index is 2.72. The molecule has 5 nitrogen and oxygen atoms in total. The lowest BCUT2D eigenvalue weighted by Gasteiger charge is -2.12. The van der Waals surface area contributed by atoms with Crippen LogP contribution in [0.3, 0.4) is 0 Å². The van der Waals surface area contributed by atoms with Crippen LogP contribution >= 0.6 is 11.6 Å². The largest absolute Gasteiger partial charge is 0.408 e. The fraction of sp³-hybridized carbons (Fsp3) is 0.636. The molecule has 0 bridgehead atoms. The second-order valence-electron chi connectivity index (χ2n) is 4.30. The smallest absolute Gasteiger partial charge is 0.380 e. The molecule has 0 radical (unpaired) electrons. The average Bonchev–Trinajstić information content (AvgIpc) is 2.31. The summed E-state index contributed by atoms with van der Waals surface area (Å²) in [5.74, 6) is 0. The van der Waals surface area contributed by atoms with Crippen LogP contribution in [0.2, 0.25) is 5.02 Å². The molecule has 0 fully saturated rings. The zero-order valence-corrected chi connectivity index (χ0v) is 11.8. The van der Waals surface area contributed by atoms with Crippen LogP contribution in [0, 0.1) is 0 Å². The van der Waals surface area contributed by atoms with Gasteiger partial charge in [0.25, 0.3) is 5.56 Å². The highest BCUT2D eigenvalue weighted by molar-refractivity contribution is 6.32. The molecule has 0 amide bonds. The molecule has 1 N–H and O–H groups in total. The maximum atomic E-state index is 12.2. The molecule has 0 spiro atoms. The summed E-state index contributed by atoms with van der Waals surface area (Å²) < 4.78 is 42.1. The molecule has 0 saturated carbocycles. The van der Waals surface area contributed by atoms with E-state index in [-0.39, 0.29) is 21.5 Å². The van der Waals surface area contributed by atoms with Crippen LogP contribution in [0.4, 0.5) is 18.9 Å². The number of hydrogen-bond acceptors (Lipinski definition) is 4. The fourth-order valence-corrected chi connectivity index (χ4v) is 1.56. The molecule has 0 unspecified atom stereocenters. The lowest BCUT2D eigenvalue weighted by atomic mass is 10.4. The average molecular weight is 314 g/mol. The van der Waals surface area contributed by atoms with Crippen molar-refractivity contribution in [1.29, 1.82) is 0 Å². The van der Waals surface area contributed by atoms with Gasteiger partial charge in [0.2, 0.25) is 0 Å². The van der Waals surface area contributed by atoms with Gasteiger partial charge in [-0.15, -0.1) is 0 Å². The zero-order valence-electron chi connectivity index (χ0n) is 11.0. The molecule has 0 aliphatic rings. The van der Waals surface area contributed by atoms with Crippen LogP contribution < -0.4 is 10.9 Å². The Morgan fingerprint density at radius 3 is 2.70 bits per heavy atom. The molecule has 1 aromatic heterocycles. The van der Waals surface area contributed by atoms with Crippen molar-refractivity contribution >= 4 is 17.3 Å². The summed E-state index contributed by atoms with van der Waals surface area (Å²) in [7, 11) is 0. The molecule has 114 valence electrons. The molecule has 0 aliphatic heterocycles. The van der Waals surface area contributed by atoms with Crippen molar-refractivity contribution in [1.82, 2.24) is 9.78 Å². The van der Waals surface area contributed by atoms with Crippen LogP contribution in [-0.4, -0.2) is 35.2 Å². The Bertz CT molecular complexity index is 503. The Morgan fingerprint density at radius 2 is 2.15 bits per heavy atom. The van der Waals surface area contributed by atoms with Gasteiger partial charge in [0.15, 0.2) is 0 Å². The van der Waals surface area contributed by atoms with Crippen molar-refractivity contribution in [2.45, 2.75) is 32.7 Å². The third-order valence-electron chi connectivity index (χ3n) is 2.18. The van der Waals surface area contributed by atoms with E-state index >= 15 is 0 Å². The van der Waals surface area contributed by atoms with Gasteiger partial charge in [-0.25, -0.2) is 4.68 Å². The first kappa shape index (κ1) is 16.8. The predicted octanol–water partition coefficient (Wildman–Crippen LogP) is 2.30. The summed E-state index contributed by atoms with van der Waals surface area (Å²) in [6.45, 7) is 3.00. The number of nitrogens with one attached hydrogen (secondary N) is 1. The number of aromatic nitrogens is 2. The first-order valence-corrected chi connectivity index (χ1v) is 6.26. The van der Waals surface area contributed by atoms with E-state index < -0.39 is 18.3 Å². The van der Waals surface area contributed by atoms with Crippen molar-refractivity contribution in [3.63, 3.8) is 0 Å². The second kappa shape index (κ2) is 6.94. The van der Waals surface area contributed by atoms with Crippen LogP contribution in [0.25, 0.3) is 0 Å². The van der Waals surface area contributed by atoms with E-state index in [1.54, 1.807) is 0 Å². The number of halogens is 4. The van der Waals surface area contributed by atoms with E-state index in [0.29, 0.717) is 13.2 Å². The summed E-state index contributed by atoms with van der Waals surface area (Å²) in [5, 5.41) is 5.89. The quantitative estimate of drug-likeness (QED) is 0.819. The number of anilines is 1. The van der Waals surface area contributed by atoms with Gasteiger partial charge >= 0.3 is 6.18 Å². The van der Waals surface area contributed by atoms with Crippen molar-refractivity contribution in [2.75, 3.05) is 18.5 Å². The first-order chi connectivity index (χ1) is 9.20. The Hall–Kier alpha value is -1.28. The topological polar surface area (TPSA) is 56.1 Å². The summed E-state index contributed by atoms with van der Waals surface area (Å²) >= 11 is 5.72. The van der Waals surface area contributed by atoms with Gasteiger partial charge in [0.05, 0.1) is 24.6 Å². The van der Waals surface area contributed by atoms with E-state index in [2.05, 4.69) is 10.4 Å². The highest BCUT2D eigenvalue weighted by Gasteiger charge is 2.29. The lowest BCUT2D eigenvalue weighted by molar-refractivity contribution is -0.143. The number of ether oxygens (including phenoxy) is 1. The Kier molecular flexibility index (Phi) is 5.82. The zero-order chi connectivity index (χ0) is 15.3. The lowest BCUT2D eigenvalue weighted by Crippen LogP contribution is -2.31. The third-order valence-corrected chi connectivity index (χ3v) is 2.55. The third kappa shape index (κ3) is 5.38. The maximum Gasteiger partial charge on any atom is 0.408 e. The molecule has 0 atom stereocenters. The Morgan fingerprint density at radius 1 is 1.50 bits per heavy atom. The molecule has 9 heteroatoms. The SMILES string of the molecule is CC(C)OCCNc1cnn(CC(F)(F)F)c(=O)c1Cl. The number of rotatable bonds is 6. The molecule has 0 aromatic carbocycles. The highest BCUT2D eigenvalue weighted by atomic mass is 35.5. The van der Waals surface area contributed by atoms with E-state index in [1.165, 1.54) is 0 Å². The summed E-state index contributed by atoms with van der Waals surface area (Å²) in [4.78, 5) is 11.6. The molecule has 0 aliphatic carbocycles. The molecular weight excluding hydrogens is 299 g/mol. The molecule has 20 heavy (non-hydrogen) atoms. The number of hydrogen-bond donors (Lipinski definition) is 1. The summed E-state index contributed by atoms with van der Waals surface area (Å²) in [6, 6.07) is 0. The normalized spacial score (nSPS) is 11.9. The van der Waals surface area contributed by atoms with Gasteiger partial charge < -0.3 is 10.1 Å². The molecule has 1 heterocycles. The van der Waals surface area contributed by atoms with Gasteiger partial charge in [-0.1, -0.05) is 11.6 Å². The van der Waals surface area contributed by atoms with E-state index in [0.717, 1.165) is 6.20 Å². The van der Waals surface area contributed by atoms with Gasteiger partial charge in [0, 0.05) is 6.54 Å². The van der Waals surface area contributed by atoms with E-state index in [9.17, 15) is 18.0 Å². The predicted molar refractivity (Wildman–Crippen MR) is 69.1 cm³/mol. The van der Waals surface area contributed by atoms with Gasteiger partial charge in [-0.3, -0.25) is 4.79 Å². The standard InChI is InChI=1S/C11H15ClF3N3O2/c1-7(2)20-4-3-16-8-5-17-18(6-11(13,14)15)10(19)9(8)12/h5,7,16H,3-4,6H2,1-2H3. The van der Waals surface area contributed by atoms with Crippen molar-refractivity contribution in [3.05, 3.63) is 21.6 Å². The molecule has 1 rings (SSSR count). The van der Waals surface area contributed by atoms with E-state index in [4.69, 9.17) is 16.3 Å². The highest BCUT2D eigenvalue weighted by Crippen LogP contribution is 2.18. The minimum absolute atomic E-state index is 0.0604. The molecule has 0 saturated heterocycles. The summed E-state index contributed by atoms with van der Waals surface area (Å²) in [5.41, 5.74) is -0.804. The van der Waals surface area contributed by atoms with Gasteiger partial charge in [-0.05, 0) is 13.8 Å². The fourth-order valence-electron chi connectivity index (χ4n) is 1.35. The van der Waals surface area contributed by atoms with E-state index in [1.807, 2.05) is 13.8 Å². The summed E-state index contributed by atoms with van der Waals surface area (Å²) in [6.07, 6.45) is -3.38. The molecule has 1 aromatic rings. The van der Waals surface area contributed by atoms with Crippen LogP contribution in [0.15, 0.2) is 11.0 Å². The van der Waals surface area contributed by atoms with Crippen LogP contribution in [-0.2, 0) is 11.3 Å².